The Morgan fingerprint density at radius 3 is 2.86 bits per heavy atom. The summed E-state index contributed by atoms with van der Waals surface area (Å²) in [6, 6.07) is 7.02. The molecule has 0 aromatic heterocycles. The second-order valence-electron chi connectivity index (χ2n) is 5.71. The van der Waals surface area contributed by atoms with Crippen molar-refractivity contribution in [1.82, 2.24) is 10.6 Å². The average molecular weight is 327 g/mol. The van der Waals surface area contributed by atoms with Crippen molar-refractivity contribution >= 4 is 17.5 Å². The molecule has 0 atom stereocenters. The lowest BCUT2D eigenvalue weighted by molar-refractivity contribution is -0.124. The number of hydrogen-bond donors (Lipinski definition) is 2. The number of carbonyl (C=O) groups is 1. The summed E-state index contributed by atoms with van der Waals surface area (Å²) in [5.41, 5.74) is 0.0196. The molecule has 1 amide bonds. The second kappa shape index (κ2) is 8.36. The van der Waals surface area contributed by atoms with Gasteiger partial charge < -0.3 is 20.1 Å². The lowest BCUT2D eigenvalue weighted by atomic mass is 9.79. The monoisotopic (exact) mass is 326 g/mol. The molecule has 1 fully saturated rings. The van der Waals surface area contributed by atoms with Gasteiger partial charge in [0.1, 0.15) is 5.75 Å². The summed E-state index contributed by atoms with van der Waals surface area (Å²) in [6.45, 7) is 3.17. The topological polar surface area (TPSA) is 59.6 Å². The molecule has 1 heterocycles. The minimum Gasteiger partial charge on any atom is -0.484 e. The van der Waals surface area contributed by atoms with Crippen molar-refractivity contribution in [2.75, 3.05) is 40.0 Å². The summed E-state index contributed by atoms with van der Waals surface area (Å²) in [4.78, 5) is 12.0. The molecule has 22 heavy (non-hydrogen) atoms. The third kappa shape index (κ3) is 5.16. The van der Waals surface area contributed by atoms with Gasteiger partial charge in [-0.2, -0.15) is 0 Å². The van der Waals surface area contributed by atoms with Gasteiger partial charge in [0.2, 0.25) is 0 Å². The average Bonchev–Trinajstić information content (AvgIpc) is 2.52. The molecular weight excluding hydrogens is 304 g/mol. The maximum absolute atomic E-state index is 12.0. The van der Waals surface area contributed by atoms with Gasteiger partial charge >= 0.3 is 0 Å². The van der Waals surface area contributed by atoms with Crippen molar-refractivity contribution in [2.24, 2.45) is 5.41 Å². The summed E-state index contributed by atoms with van der Waals surface area (Å²) < 4.78 is 10.8. The molecular formula is C16H23ClN2O3. The van der Waals surface area contributed by atoms with E-state index in [1.165, 1.54) is 0 Å². The first-order chi connectivity index (χ1) is 10.6. The Morgan fingerprint density at radius 2 is 2.18 bits per heavy atom. The molecule has 122 valence electrons. The predicted octanol–water partition coefficient (Wildman–Crippen LogP) is 1.85. The number of ether oxygens (including phenoxy) is 2. The van der Waals surface area contributed by atoms with Gasteiger partial charge in [-0.25, -0.2) is 0 Å². The van der Waals surface area contributed by atoms with Gasteiger partial charge in [0, 0.05) is 24.1 Å². The standard InChI is InChI=1S/C16H23ClN2O3/c1-21-12-16(5-7-18-8-6-16)11-19-15(20)10-22-14-4-2-3-13(17)9-14/h2-4,9,18H,5-8,10-12H2,1H3,(H,19,20). The van der Waals surface area contributed by atoms with Crippen LogP contribution >= 0.6 is 11.6 Å². The Bertz CT molecular complexity index is 485. The number of piperidine rings is 1. The molecule has 1 aliphatic rings. The van der Waals surface area contributed by atoms with E-state index in [2.05, 4.69) is 10.6 Å². The molecule has 1 aliphatic heterocycles. The summed E-state index contributed by atoms with van der Waals surface area (Å²) in [5, 5.41) is 6.88. The summed E-state index contributed by atoms with van der Waals surface area (Å²) >= 11 is 5.88. The van der Waals surface area contributed by atoms with Crippen LogP contribution in [0.15, 0.2) is 24.3 Å². The first-order valence-corrected chi connectivity index (χ1v) is 7.86. The minimum absolute atomic E-state index is 0.0122. The first kappa shape index (κ1) is 17.1. The van der Waals surface area contributed by atoms with Crippen molar-refractivity contribution in [3.63, 3.8) is 0 Å². The van der Waals surface area contributed by atoms with E-state index in [-0.39, 0.29) is 17.9 Å². The highest BCUT2D eigenvalue weighted by molar-refractivity contribution is 6.30. The molecule has 2 N–H and O–H groups in total. The van der Waals surface area contributed by atoms with Gasteiger partial charge in [-0.1, -0.05) is 17.7 Å². The maximum atomic E-state index is 12.0. The Balaban J connectivity index is 1.78. The van der Waals surface area contributed by atoms with Crippen molar-refractivity contribution in [3.05, 3.63) is 29.3 Å². The Kier molecular flexibility index (Phi) is 6.49. The van der Waals surface area contributed by atoms with E-state index in [0.29, 0.717) is 23.9 Å². The van der Waals surface area contributed by atoms with Crippen LogP contribution in [0, 0.1) is 5.41 Å². The molecule has 1 aromatic carbocycles. The molecule has 1 saturated heterocycles. The van der Waals surface area contributed by atoms with Crippen molar-refractivity contribution in [2.45, 2.75) is 12.8 Å². The number of halogens is 1. The van der Waals surface area contributed by atoms with Crippen LogP contribution in [0.3, 0.4) is 0 Å². The van der Waals surface area contributed by atoms with Crippen molar-refractivity contribution < 1.29 is 14.3 Å². The van der Waals surface area contributed by atoms with Gasteiger partial charge in [-0.05, 0) is 44.1 Å². The first-order valence-electron chi connectivity index (χ1n) is 7.48. The van der Waals surface area contributed by atoms with E-state index in [1.54, 1.807) is 31.4 Å². The van der Waals surface area contributed by atoms with E-state index < -0.39 is 0 Å². The molecule has 0 spiro atoms. The van der Waals surface area contributed by atoms with E-state index >= 15 is 0 Å². The molecule has 0 radical (unpaired) electrons. The molecule has 2 rings (SSSR count). The summed E-state index contributed by atoms with van der Waals surface area (Å²) in [6.07, 6.45) is 1.99. The van der Waals surface area contributed by atoms with E-state index in [9.17, 15) is 4.79 Å². The largest absolute Gasteiger partial charge is 0.484 e. The van der Waals surface area contributed by atoms with Crippen LogP contribution in [0.5, 0.6) is 5.75 Å². The van der Waals surface area contributed by atoms with E-state index in [0.717, 1.165) is 25.9 Å². The Morgan fingerprint density at radius 1 is 1.41 bits per heavy atom. The zero-order chi connectivity index (χ0) is 15.8. The lowest BCUT2D eigenvalue weighted by Gasteiger charge is -2.37. The van der Waals surface area contributed by atoms with Crippen LogP contribution in [0.2, 0.25) is 5.02 Å². The van der Waals surface area contributed by atoms with Crippen LogP contribution < -0.4 is 15.4 Å². The van der Waals surface area contributed by atoms with Gasteiger partial charge in [-0.15, -0.1) is 0 Å². The smallest absolute Gasteiger partial charge is 0.257 e. The summed E-state index contributed by atoms with van der Waals surface area (Å²) in [5.74, 6) is 0.463. The minimum atomic E-state index is -0.131. The molecule has 0 saturated carbocycles. The van der Waals surface area contributed by atoms with Gasteiger partial charge in [0.25, 0.3) is 5.91 Å². The Hall–Kier alpha value is -1.30. The SMILES string of the molecule is COCC1(CNC(=O)COc2cccc(Cl)c2)CCNCC1. The Labute approximate surface area is 136 Å². The number of amides is 1. The molecule has 0 bridgehead atoms. The molecule has 6 heteroatoms. The quantitative estimate of drug-likeness (QED) is 0.803. The number of rotatable bonds is 7. The van der Waals surface area contributed by atoms with E-state index in [4.69, 9.17) is 21.1 Å². The number of benzene rings is 1. The second-order valence-corrected chi connectivity index (χ2v) is 6.14. The molecule has 0 aliphatic carbocycles. The maximum Gasteiger partial charge on any atom is 0.257 e. The zero-order valence-electron chi connectivity index (χ0n) is 12.9. The van der Waals surface area contributed by atoms with Crippen molar-refractivity contribution in [1.29, 1.82) is 0 Å². The third-order valence-corrected chi connectivity index (χ3v) is 4.18. The summed E-state index contributed by atoms with van der Waals surface area (Å²) in [7, 11) is 1.70. The fraction of sp³-hybridized carbons (Fsp3) is 0.562. The normalized spacial score (nSPS) is 17.0. The lowest BCUT2D eigenvalue weighted by Crippen LogP contribution is -2.47. The highest BCUT2D eigenvalue weighted by Gasteiger charge is 2.32. The number of hydrogen-bond acceptors (Lipinski definition) is 4. The van der Waals surface area contributed by atoms with Gasteiger partial charge in [0.15, 0.2) is 6.61 Å². The number of methoxy groups -OCH3 is 1. The van der Waals surface area contributed by atoms with Crippen LogP contribution in [-0.4, -0.2) is 45.9 Å². The third-order valence-electron chi connectivity index (χ3n) is 3.94. The van der Waals surface area contributed by atoms with E-state index in [1.807, 2.05) is 0 Å². The van der Waals surface area contributed by atoms with Crippen LogP contribution in [-0.2, 0) is 9.53 Å². The van der Waals surface area contributed by atoms with Crippen LogP contribution in [0.1, 0.15) is 12.8 Å². The zero-order valence-corrected chi connectivity index (χ0v) is 13.6. The van der Waals surface area contributed by atoms with Crippen LogP contribution in [0.4, 0.5) is 0 Å². The molecule has 5 nitrogen and oxygen atoms in total. The van der Waals surface area contributed by atoms with Crippen LogP contribution in [0.25, 0.3) is 0 Å². The van der Waals surface area contributed by atoms with Gasteiger partial charge in [-0.3, -0.25) is 4.79 Å². The predicted molar refractivity (Wildman–Crippen MR) is 86.4 cm³/mol. The number of carbonyl (C=O) groups excluding carboxylic acids is 1. The van der Waals surface area contributed by atoms with Gasteiger partial charge in [0.05, 0.1) is 6.61 Å². The van der Waals surface area contributed by atoms with Crippen molar-refractivity contribution in [3.8, 4) is 5.75 Å². The fourth-order valence-electron chi connectivity index (χ4n) is 2.68. The number of nitrogens with one attached hydrogen (secondary N) is 2. The fourth-order valence-corrected chi connectivity index (χ4v) is 2.86. The highest BCUT2D eigenvalue weighted by atomic mass is 35.5. The molecule has 0 unspecified atom stereocenters. The molecule has 1 aromatic rings. The highest BCUT2D eigenvalue weighted by Crippen LogP contribution is 2.28.